The second-order valence-electron chi connectivity index (χ2n) is 22.0. The molecule has 5 heterocycles. The number of carbonyl (C=O) groups excluding carboxylic acids is 2. The van der Waals surface area contributed by atoms with Crippen molar-refractivity contribution in [3.63, 3.8) is 0 Å². The molecule has 6 aliphatic rings. The molecule has 0 unspecified atom stereocenters. The molecule has 17 nitrogen and oxygen atoms in total. The van der Waals surface area contributed by atoms with E-state index >= 15 is 0 Å². The Labute approximate surface area is 424 Å². The summed E-state index contributed by atoms with van der Waals surface area (Å²) in [5.74, 6) is -0.612. The number of sulfonamides is 1. The average molecular weight is 1020 g/mol. The number of aromatic amines is 1. The number of carbonyl (C=O) groups is 2. The Hall–Kier alpha value is -6.31. The van der Waals surface area contributed by atoms with Crippen molar-refractivity contribution in [2.24, 2.45) is 17.3 Å². The predicted octanol–water partition coefficient (Wildman–Crippen LogP) is 8.80. The summed E-state index contributed by atoms with van der Waals surface area (Å²) in [4.78, 5) is 52.8. The number of nitro benzene ring substituents is 1. The van der Waals surface area contributed by atoms with E-state index in [2.05, 4.69) is 72.8 Å². The summed E-state index contributed by atoms with van der Waals surface area (Å²) in [6.07, 6.45) is 11.1. The number of hydrogen-bond donors (Lipinski definition) is 4. The first-order valence-corrected chi connectivity index (χ1v) is 27.3. The molecule has 0 radical (unpaired) electrons. The number of aliphatic hydroxyl groups is 1. The molecule has 3 aliphatic carbocycles. The Kier molecular flexibility index (Phi) is 12.6. The smallest absolute Gasteiger partial charge is 0.297 e. The SMILES string of the molecule is CC(C)c1ccccc1[C@H]1CN(C(=O)C2CC2)CCN1C1CC2(CCN(c3ccc(C(=O)NS(=O)(=O)c4cc5c(c([N+](=O)[O-])c4)N[C@@H](C4CCC(C)(O)CC4)CO5)c(Oc4cnc5[nH]cc(F)c5c4)c3)CC2)C1. The third-order valence-electron chi connectivity index (χ3n) is 16.7. The number of amides is 2. The Morgan fingerprint density at radius 1 is 1.00 bits per heavy atom. The lowest BCUT2D eigenvalue weighted by Gasteiger charge is -2.58. The number of rotatable bonds is 12. The number of ether oxygens (including phenoxy) is 2. The molecule has 73 heavy (non-hydrogen) atoms. The zero-order valence-electron chi connectivity index (χ0n) is 41.4. The van der Waals surface area contributed by atoms with E-state index in [4.69, 9.17) is 9.47 Å². The van der Waals surface area contributed by atoms with Crippen LogP contribution < -0.4 is 24.4 Å². The van der Waals surface area contributed by atoms with Crippen LogP contribution in [0, 0.1) is 33.2 Å². The number of nitrogens with one attached hydrogen (secondary N) is 3. The minimum atomic E-state index is -4.74. The number of hydrogen-bond acceptors (Lipinski definition) is 13. The Morgan fingerprint density at radius 3 is 2.48 bits per heavy atom. The molecule has 11 rings (SSSR count). The number of anilines is 2. The maximum atomic E-state index is 14.7. The monoisotopic (exact) mass is 1020 g/mol. The molecule has 4 N–H and O–H groups in total. The van der Waals surface area contributed by atoms with Crippen LogP contribution in [0.5, 0.6) is 17.2 Å². The number of pyridine rings is 1. The number of benzene rings is 3. The van der Waals surface area contributed by atoms with Crippen LogP contribution in [-0.2, 0) is 14.8 Å². The molecule has 3 aliphatic heterocycles. The van der Waals surface area contributed by atoms with Gasteiger partial charge < -0.3 is 34.7 Å². The molecular formula is C54H63FN8O9S. The predicted molar refractivity (Wildman–Crippen MR) is 272 cm³/mol. The van der Waals surface area contributed by atoms with Crippen molar-refractivity contribution >= 4 is 49.9 Å². The fraction of sp³-hybridized carbons (Fsp3) is 0.500. The normalized spacial score (nSPS) is 24.4. The Morgan fingerprint density at radius 2 is 1.75 bits per heavy atom. The quantitative estimate of drug-likeness (QED) is 0.0681. The van der Waals surface area contributed by atoms with Crippen LogP contribution in [0.4, 0.5) is 21.5 Å². The molecule has 3 saturated carbocycles. The summed E-state index contributed by atoms with van der Waals surface area (Å²) in [6.45, 7) is 10.2. The lowest BCUT2D eigenvalue weighted by Crippen LogP contribution is -2.60. The van der Waals surface area contributed by atoms with Crippen molar-refractivity contribution in [3.05, 3.63) is 106 Å². The van der Waals surface area contributed by atoms with Crippen LogP contribution >= 0.6 is 0 Å². The van der Waals surface area contributed by atoms with Gasteiger partial charge in [0, 0.05) is 74.8 Å². The topological polar surface area (TPSA) is 213 Å². The summed E-state index contributed by atoms with van der Waals surface area (Å²) in [5.41, 5.74) is 2.45. The molecule has 19 heteroatoms. The third-order valence-corrected chi connectivity index (χ3v) is 18.0. The molecule has 5 fully saturated rings. The summed E-state index contributed by atoms with van der Waals surface area (Å²) in [5, 5.41) is 26.3. The fourth-order valence-electron chi connectivity index (χ4n) is 12.3. The van der Waals surface area contributed by atoms with Crippen molar-refractivity contribution in [1.82, 2.24) is 24.5 Å². The van der Waals surface area contributed by atoms with E-state index in [1.54, 1.807) is 19.1 Å². The van der Waals surface area contributed by atoms with Crippen LogP contribution in [0.25, 0.3) is 11.0 Å². The molecule has 2 saturated heterocycles. The maximum absolute atomic E-state index is 14.7. The summed E-state index contributed by atoms with van der Waals surface area (Å²) < 4.78 is 57.2. The van der Waals surface area contributed by atoms with E-state index in [1.807, 2.05) is 0 Å². The van der Waals surface area contributed by atoms with Gasteiger partial charge in [0.2, 0.25) is 5.91 Å². The second kappa shape index (κ2) is 18.9. The molecule has 386 valence electrons. The summed E-state index contributed by atoms with van der Waals surface area (Å²) >= 11 is 0. The number of nitrogens with zero attached hydrogens (tertiary/aromatic N) is 5. The number of H-pyrrole nitrogens is 1. The van der Waals surface area contributed by atoms with E-state index in [0.717, 1.165) is 82.5 Å². The lowest BCUT2D eigenvalue weighted by molar-refractivity contribution is -0.384. The van der Waals surface area contributed by atoms with Crippen LogP contribution in [0.15, 0.2) is 78.0 Å². The van der Waals surface area contributed by atoms with Crippen molar-refractivity contribution < 1.29 is 41.9 Å². The molecule has 1 spiro atoms. The van der Waals surface area contributed by atoms with Gasteiger partial charge in [0.25, 0.3) is 21.6 Å². The standard InChI is InChI=1S/C54H63FN8O9S/c1-32(2)39-6-4-5-7-40(39)46-30-61(52(65)34-8-9-34)20-21-62(46)36-26-54(27-36)16-18-60(19-17-54)35-10-11-41(47(22-35)72-37-23-42-43(55)29-57-50(42)56-28-37)51(64)59-73(69,70)38-24-45(63(67)68)49-48(25-38)71-31-44(58-49)33-12-14-53(3,66)15-13-33/h4-7,10-11,22-25,28-29,32-34,36,44,46,58,66H,8-9,12-21,26-27,30-31H2,1-3H3,(H,56,57)(H,59,64)/t33?,44-,46-,53?/m1/s1. The van der Waals surface area contributed by atoms with Gasteiger partial charge in [0.1, 0.15) is 29.6 Å². The highest BCUT2D eigenvalue weighted by molar-refractivity contribution is 7.90. The van der Waals surface area contributed by atoms with E-state index in [1.165, 1.54) is 35.7 Å². The Balaban J connectivity index is 0.807. The first-order valence-electron chi connectivity index (χ1n) is 25.8. The molecule has 3 aromatic carbocycles. The number of piperidine rings is 1. The minimum Gasteiger partial charge on any atom is -0.489 e. The van der Waals surface area contributed by atoms with Gasteiger partial charge in [-0.3, -0.25) is 24.6 Å². The van der Waals surface area contributed by atoms with Crippen LogP contribution in [0.1, 0.15) is 118 Å². The Bertz CT molecular complexity index is 3080. The summed E-state index contributed by atoms with van der Waals surface area (Å²) in [6, 6.07) is 17.4. The zero-order chi connectivity index (χ0) is 51.0. The number of fused-ring (bicyclic) bond motifs is 2. The molecule has 2 aromatic heterocycles. The molecular weight excluding hydrogens is 956 g/mol. The number of piperazine rings is 1. The van der Waals surface area contributed by atoms with Gasteiger partial charge in [0.15, 0.2) is 11.4 Å². The van der Waals surface area contributed by atoms with Crippen LogP contribution in [-0.4, -0.2) is 107 Å². The van der Waals surface area contributed by atoms with Gasteiger partial charge in [-0.15, -0.1) is 0 Å². The fourth-order valence-corrected chi connectivity index (χ4v) is 13.3. The first kappa shape index (κ1) is 48.9. The van der Waals surface area contributed by atoms with Gasteiger partial charge in [-0.1, -0.05) is 38.1 Å². The van der Waals surface area contributed by atoms with Crippen LogP contribution in [0.2, 0.25) is 0 Å². The molecule has 0 bridgehead atoms. The van der Waals surface area contributed by atoms with Crippen molar-refractivity contribution in [2.45, 2.75) is 120 Å². The van der Waals surface area contributed by atoms with E-state index in [-0.39, 0.29) is 69.8 Å². The van der Waals surface area contributed by atoms with E-state index in [0.29, 0.717) is 55.7 Å². The maximum Gasteiger partial charge on any atom is 0.297 e. The summed E-state index contributed by atoms with van der Waals surface area (Å²) in [7, 11) is -4.74. The second-order valence-corrected chi connectivity index (χ2v) is 23.7. The molecule has 5 aromatic rings. The number of nitro groups is 1. The lowest BCUT2D eigenvalue weighted by atomic mass is 9.59. The van der Waals surface area contributed by atoms with E-state index < -0.39 is 42.9 Å². The molecule has 2 amide bonds. The van der Waals surface area contributed by atoms with Gasteiger partial charge in [-0.2, -0.15) is 0 Å². The molecule has 2 atom stereocenters. The van der Waals surface area contributed by atoms with Crippen molar-refractivity contribution in [2.75, 3.05) is 49.5 Å². The highest BCUT2D eigenvalue weighted by Crippen LogP contribution is 2.54. The van der Waals surface area contributed by atoms with Crippen molar-refractivity contribution in [1.29, 1.82) is 0 Å². The minimum absolute atomic E-state index is 0.00228. The first-order chi connectivity index (χ1) is 34.9. The van der Waals surface area contributed by atoms with Gasteiger partial charge >= 0.3 is 0 Å². The van der Waals surface area contributed by atoms with Gasteiger partial charge in [0.05, 0.1) is 44.7 Å². The van der Waals surface area contributed by atoms with Gasteiger partial charge in [-0.05, 0) is 118 Å². The zero-order valence-corrected chi connectivity index (χ0v) is 42.3. The number of halogens is 1. The third kappa shape index (κ3) is 9.71. The average Bonchev–Trinajstić information content (AvgIpc) is 4.16. The highest BCUT2D eigenvalue weighted by Gasteiger charge is 2.51. The van der Waals surface area contributed by atoms with Crippen LogP contribution in [0.3, 0.4) is 0 Å². The van der Waals surface area contributed by atoms with Gasteiger partial charge in [-0.25, -0.2) is 22.5 Å². The number of aromatic nitrogens is 2. The van der Waals surface area contributed by atoms with E-state index in [9.17, 15) is 37.6 Å². The highest BCUT2D eigenvalue weighted by atomic mass is 32.2. The van der Waals surface area contributed by atoms with Crippen molar-refractivity contribution in [3.8, 4) is 17.2 Å². The largest absolute Gasteiger partial charge is 0.489 e.